The van der Waals surface area contributed by atoms with Crippen molar-refractivity contribution >= 4 is 66.3 Å². The Labute approximate surface area is 198 Å². The van der Waals surface area contributed by atoms with Crippen LogP contribution in [0.5, 0.6) is 23.0 Å². The number of methoxy groups -OCH3 is 4. The lowest BCUT2D eigenvalue weighted by Crippen LogP contribution is -1.95. The molecule has 160 valence electrons. The van der Waals surface area contributed by atoms with E-state index in [1.165, 1.54) is 0 Å². The Kier molecular flexibility index (Phi) is 6.22. The van der Waals surface area contributed by atoms with Crippen LogP contribution in [-0.2, 0) is 0 Å². The van der Waals surface area contributed by atoms with Gasteiger partial charge in [0, 0.05) is 40.4 Å². The van der Waals surface area contributed by atoms with Gasteiger partial charge in [0.2, 0.25) is 20.7 Å². The largest absolute Gasteiger partial charge is 0.496 e. The van der Waals surface area contributed by atoms with E-state index < -0.39 is 0 Å². The topological polar surface area (TPSA) is 36.9 Å². The van der Waals surface area contributed by atoms with Crippen LogP contribution in [0.1, 0.15) is 0 Å². The number of hydrogen-bond donors (Lipinski definition) is 0. The van der Waals surface area contributed by atoms with Crippen molar-refractivity contribution in [3.8, 4) is 34.1 Å². The lowest BCUT2D eigenvalue weighted by Gasteiger charge is -2.16. The molecule has 1 aromatic heterocycles. The van der Waals surface area contributed by atoms with Gasteiger partial charge in [0.15, 0.2) is 0 Å². The molecule has 0 amide bonds. The monoisotopic (exact) mass is 495 g/mol. The summed E-state index contributed by atoms with van der Waals surface area (Å²) in [6.07, 6.45) is 0. The molecule has 0 aliphatic heterocycles. The molecule has 0 aliphatic rings. The predicted molar refractivity (Wildman–Crippen MR) is 130 cm³/mol. The van der Waals surface area contributed by atoms with E-state index in [4.69, 9.17) is 53.8 Å². The minimum atomic E-state index is 0.423. The molecule has 0 fully saturated rings. The van der Waals surface area contributed by atoms with Crippen LogP contribution in [0, 0.1) is 0 Å². The smallest absolute Gasteiger partial charge is 0.246 e. The van der Waals surface area contributed by atoms with E-state index in [2.05, 4.69) is 0 Å². The minimum absolute atomic E-state index is 0.423. The van der Waals surface area contributed by atoms with Gasteiger partial charge in [0.1, 0.15) is 23.0 Å². The average molecular weight is 497 g/mol. The van der Waals surface area contributed by atoms with E-state index in [9.17, 15) is 0 Å². The lowest BCUT2D eigenvalue weighted by molar-refractivity contribution is 0.397. The summed E-state index contributed by atoms with van der Waals surface area (Å²) in [5.41, 5.74) is 1.43. The van der Waals surface area contributed by atoms with Crippen molar-refractivity contribution in [2.75, 3.05) is 28.4 Å². The van der Waals surface area contributed by atoms with Crippen molar-refractivity contribution in [2.45, 2.75) is 0 Å². The molecule has 4 aromatic rings. The first kappa shape index (κ1) is 22.0. The summed E-state index contributed by atoms with van der Waals surface area (Å²) >= 11 is 21.1. The second kappa shape index (κ2) is 8.75. The number of halogens is 3. The van der Waals surface area contributed by atoms with Gasteiger partial charge in [-0.2, -0.15) is 0 Å². The summed E-state index contributed by atoms with van der Waals surface area (Å²) in [7, 11) is 6.46. The highest BCUT2D eigenvalue weighted by Gasteiger charge is 2.29. The molecule has 0 bridgehead atoms. The first-order valence-electron chi connectivity index (χ1n) is 9.14. The summed E-state index contributed by atoms with van der Waals surface area (Å²) in [6, 6.07) is 10.9. The Hall–Kier alpha value is -2.18. The van der Waals surface area contributed by atoms with Crippen molar-refractivity contribution in [3.05, 3.63) is 51.5 Å². The molecule has 0 saturated heterocycles. The third kappa shape index (κ3) is 3.80. The maximum Gasteiger partial charge on any atom is 0.246 e. The highest BCUT2D eigenvalue weighted by molar-refractivity contribution is 7.25. The Morgan fingerprint density at radius 3 is 1.42 bits per heavy atom. The highest BCUT2D eigenvalue weighted by atomic mass is 35.5. The van der Waals surface area contributed by atoms with Gasteiger partial charge in [0.05, 0.1) is 49.3 Å². The normalized spacial score (nSPS) is 11.1. The van der Waals surface area contributed by atoms with Gasteiger partial charge in [-0.1, -0.05) is 34.8 Å². The van der Waals surface area contributed by atoms with E-state index in [0.717, 1.165) is 25.7 Å². The first-order valence-corrected chi connectivity index (χ1v) is 11.1. The van der Waals surface area contributed by atoms with E-state index in [1.807, 2.05) is 24.3 Å². The number of ether oxygens (including phenoxy) is 4. The number of fused-ring (bicyclic) bond motifs is 2. The SMILES string of the molecule is COc1cc(OC)c2c(-c3c(Cl)cc(Cl)cc3Cl)c3c(OC)cc(OC)cc3[s+]c2c1. The van der Waals surface area contributed by atoms with E-state index in [-0.39, 0.29) is 0 Å². The van der Waals surface area contributed by atoms with Gasteiger partial charge < -0.3 is 18.9 Å². The van der Waals surface area contributed by atoms with Crippen LogP contribution in [0.25, 0.3) is 31.3 Å². The molecule has 1 heterocycles. The van der Waals surface area contributed by atoms with Crippen LogP contribution in [-0.4, -0.2) is 28.4 Å². The maximum atomic E-state index is 6.68. The standard InChI is InChI=1S/C23H18Cl3O4S/c1-27-12-7-16(29-3)21-18(9-12)31-19-10-13(28-2)8-17(30-4)22(19)23(21)20-14(25)5-11(24)6-15(20)26/h5-10H,1-4H3/q+1. The molecule has 0 saturated carbocycles. The summed E-state index contributed by atoms with van der Waals surface area (Å²) in [5.74, 6) is 2.60. The average Bonchev–Trinajstić information content (AvgIpc) is 2.75. The van der Waals surface area contributed by atoms with Gasteiger partial charge in [0.25, 0.3) is 0 Å². The van der Waals surface area contributed by atoms with Crippen LogP contribution in [0.3, 0.4) is 0 Å². The summed E-state index contributed by atoms with van der Waals surface area (Å²) in [4.78, 5) is 0. The fourth-order valence-electron chi connectivity index (χ4n) is 3.62. The number of rotatable bonds is 5. The zero-order chi connectivity index (χ0) is 22.3. The van der Waals surface area contributed by atoms with Gasteiger partial charge in [-0.25, -0.2) is 0 Å². The highest BCUT2D eigenvalue weighted by Crippen LogP contribution is 2.52. The number of hydrogen-bond acceptors (Lipinski definition) is 4. The molecule has 0 unspecified atom stereocenters. The maximum absolute atomic E-state index is 6.68. The van der Waals surface area contributed by atoms with Crippen molar-refractivity contribution in [1.82, 2.24) is 0 Å². The Balaban J connectivity index is 2.32. The zero-order valence-corrected chi connectivity index (χ0v) is 20.2. The van der Waals surface area contributed by atoms with Crippen molar-refractivity contribution in [1.29, 1.82) is 0 Å². The van der Waals surface area contributed by atoms with Crippen molar-refractivity contribution in [3.63, 3.8) is 0 Å². The molecule has 4 rings (SSSR count). The first-order chi connectivity index (χ1) is 14.9. The van der Waals surface area contributed by atoms with E-state index in [1.54, 1.807) is 51.9 Å². The minimum Gasteiger partial charge on any atom is -0.496 e. The summed E-state index contributed by atoms with van der Waals surface area (Å²) in [6.45, 7) is 0. The molecule has 4 nitrogen and oxygen atoms in total. The molecule has 0 N–H and O–H groups in total. The second-order valence-electron chi connectivity index (χ2n) is 6.63. The predicted octanol–water partition coefficient (Wildman–Crippen LogP) is 8.00. The Morgan fingerprint density at radius 2 is 1.03 bits per heavy atom. The second-order valence-corrected chi connectivity index (χ2v) is 8.96. The lowest BCUT2D eigenvalue weighted by atomic mass is 9.96. The Bertz CT molecular complexity index is 1230. The quantitative estimate of drug-likeness (QED) is 0.207. The van der Waals surface area contributed by atoms with Gasteiger partial charge in [-0.15, -0.1) is 0 Å². The van der Waals surface area contributed by atoms with Crippen LogP contribution < -0.4 is 18.9 Å². The molecule has 0 atom stereocenters. The van der Waals surface area contributed by atoms with Gasteiger partial charge in [-0.3, -0.25) is 0 Å². The van der Waals surface area contributed by atoms with Crippen LogP contribution >= 0.6 is 46.1 Å². The van der Waals surface area contributed by atoms with Gasteiger partial charge >= 0.3 is 0 Å². The van der Waals surface area contributed by atoms with Crippen molar-refractivity contribution in [2.24, 2.45) is 0 Å². The van der Waals surface area contributed by atoms with Crippen LogP contribution in [0.15, 0.2) is 36.4 Å². The third-order valence-electron chi connectivity index (χ3n) is 4.97. The van der Waals surface area contributed by atoms with Crippen LogP contribution in [0.4, 0.5) is 0 Å². The fourth-order valence-corrected chi connectivity index (χ4v) is 5.82. The molecular formula is C23H18Cl3O4S+. The fraction of sp³-hybridized carbons (Fsp3) is 0.174. The molecule has 0 spiro atoms. The van der Waals surface area contributed by atoms with E-state index in [0.29, 0.717) is 43.6 Å². The molecule has 0 aliphatic carbocycles. The molecular weight excluding hydrogens is 479 g/mol. The third-order valence-corrected chi connectivity index (χ3v) is 6.87. The zero-order valence-electron chi connectivity index (χ0n) is 17.1. The Morgan fingerprint density at radius 1 is 0.581 bits per heavy atom. The van der Waals surface area contributed by atoms with Crippen molar-refractivity contribution < 1.29 is 18.9 Å². The molecule has 0 radical (unpaired) electrons. The van der Waals surface area contributed by atoms with E-state index >= 15 is 0 Å². The number of benzene rings is 3. The summed E-state index contributed by atoms with van der Waals surface area (Å²) < 4.78 is 24.3. The van der Waals surface area contributed by atoms with Crippen LogP contribution in [0.2, 0.25) is 15.1 Å². The summed E-state index contributed by atoms with van der Waals surface area (Å²) in [5, 5.41) is 2.98. The molecule has 8 heteroatoms. The molecule has 31 heavy (non-hydrogen) atoms. The molecule has 3 aromatic carbocycles. The van der Waals surface area contributed by atoms with Gasteiger partial charge in [-0.05, 0) is 12.1 Å².